The number of carbonyl (C=O) groups excluding carboxylic acids is 1. The lowest BCUT2D eigenvalue weighted by Gasteiger charge is -2.49. The zero-order valence-corrected chi connectivity index (χ0v) is 11.7. The van der Waals surface area contributed by atoms with E-state index in [0.717, 1.165) is 19.4 Å². The predicted molar refractivity (Wildman–Crippen MR) is 71.1 cm³/mol. The van der Waals surface area contributed by atoms with E-state index in [9.17, 15) is 9.90 Å². The lowest BCUT2D eigenvalue weighted by molar-refractivity contribution is -0.132. The second kappa shape index (κ2) is 5.17. The Balaban J connectivity index is 1.85. The lowest BCUT2D eigenvalue weighted by Crippen LogP contribution is -2.63. The second-order valence-electron chi connectivity index (χ2n) is 6.44. The molecule has 1 saturated heterocycles. The number of aliphatic hydroxyl groups excluding tert-OH is 1. The molecule has 1 saturated carbocycles. The van der Waals surface area contributed by atoms with Crippen molar-refractivity contribution in [1.82, 2.24) is 10.6 Å². The minimum Gasteiger partial charge on any atom is -0.392 e. The number of amides is 1. The van der Waals surface area contributed by atoms with Crippen LogP contribution in [0, 0.1) is 11.3 Å². The van der Waals surface area contributed by atoms with Crippen LogP contribution < -0.4 is 10.6 Å². The summed E-state index contributed by atoms with van der Waals surface area (Å²) in [5, 5.41) is 16.1. The first-order valence-electron chi connectivity index (χ1n) is 7.17. The van der Waals surface area contributed by atoms with Crippen LogP contribution in [0.4, 0.5) is 0 Å². The Hall–Kier alpha value is -0.610. The zero-order chi connectivity index (χ0) is 13.3. The third kappa shape index (κ3) is 2.54. The average molecular weight is 254 g/mol. The molecule has 4 atom stereocenters. The molecule has 0 aromatic carbocycles. The van der Waals surface area contributed by atoms with Crippen LogP contribution in [0.3, 0.4) is 0 Å². The van der Waals surface area contributed by atoms with Crippen molar-refractivity contribution < 1.29 is 9.90 Å². The van der Waals surface area contributed by atoms with Gasteiger partial charge in [-0.2, -0.15) is 0 Å². The summed E-state index contributed by atoms with van der Waals surface area (Å²) in [4.78, 5) is 12.2. The molecule has 0 aromatic rings. The molecule has 2 rings (SSSR count). The number of piperidine rings is 1. The van der Waals surface area contributed by atoms with Gasteiger partial charge in [-0.1, -0.05) is 27.2 Å². The fourth-order valence-electron chi connectivity index (χ4n) is 2.99. The monoisotopic (exact) mass is 254 g/mol. The van der Waals surface area contributed by atoms with Crippen molar-refractivity contribution in [2.24, 2.45) is 11.3 Å². The van der Waals surface area contributed by atoms with Crippen molar-refractivity contribution in [3.8, 4) is 0 Å². The normalized spacial score (nSPS) is 38.9. The van der Waals surface area contributed by atoms with Gasteiger partial charge in [0, 0.05) is 11.5 Å². The van der Waals surface area contributed by atoms with E-state index in [1.54, 1.807) is 0 Å². The van der Waals surface area contributed by atoms with Crippen LogP contribution in [0.5, 0.6) is 0 Å². The molecule has 1 heterocycles. The van der Waals surface area contributed by atoms with Crippen LogP contribution in [0.25, 0.3) is 0 Å². The molecule has 1 aliphatic heterocycles. The SMILES string of the molecule is CCC1CCNC(C(=O)NC2CC(O)C2(C)C)C1. The van der Waals surface area contributed by atoms with Crippen LogP contribution in [0.1, 0.15) is 46.5 Å². The van der Waals surface area contributed by atoms with Gasteiger partial charge in [-0.25, -0.2) is 0 Å². The van der Waals surface area contributed by atoms with Crippen molar-refractivity contribution in [2.45, 2.75) is 64.6 Å². The molecule has 104 valence electrons. The van der Waals surface area contributed by atoms with Gasteiger partial charge in [0.15, 0.2) is 0 Å². The molecule has 4 heteroatoms. The van der Waals surface area contributed by atoms with E-state index in [4.69, 9.17) is 0 Å². The predicted octanol–water partition coefficient (Wildman–Crippen LogP) is 1.04. The van der Waals surface area contributed by atoms with Crippen LogP contribution in [-0.2, 0) is 4.79 Å². The van der Waals surface area contributed by atoms with Crippen molar-refractivity contribution >= 4 is 5.91 Å². The van der Waals surface area contributed by atoms with Crippen LogP contribution in [0.2, 0.25) is 0 Å². The largest absolute Gasteiger partial charge is 0.392 e. The maximum Gasteiger partial charge on any atom is 0.237 e. The summed E-state index contributed by atoms with van der Waals surface area (Å²) in [6.07, 6.45) is 3.67. The van der Waals surface area contributed by atoms with E-state index >= 15 is 0 Å². The van der Waals surface area contributed by atoms with E-state index in [0.29, 0.717) is 12.3 Å². The van der Waals surface area contributed by atoms with E-state index in [1.165, 1.54) is 6.42 Å². The smallest absolute Gasteiger partial charge is 0.237 e. The first kappa shape index (κ1) is 13.8. The van der Waals surface area contributed by atoms with E-state index in [2.05, 4.69) is 17.6 Å². The third-order valence-corrected chi connectivity index (χ3v) is 4.94. The first-order chi connectivity index (χ1) is 8.45. The molecule has 0 spiro atoms. The fourth-order valence-corrected chi connectivity index (χ4v) is 2.99. The standard InChI is InChI=1S/C14H26N2O2/c1-4-9-5-6-15-10(7-9)13(18)16-11-8-12(17)14(11,2)3/h9-12,15,17H,4-8H2,1-3H3,(H,16,18). The van der Waals surface area contributed by atoms with E-state index in [-0.39, 0.29) is 29.5 Å². The number of rotatable bonds is 3. The summed E-state index contributed by atoms with van der Waals surface area (Å²) >= 11 is 0. The van der Waals surface area contributed by atoms with Gasteiger partial charge < -0.3 is 15.7 Å². The Kier molecular flexibility index (Phi) is 3.97. The highest BCUT2D eigenvalue weighted by Gasteiger charge is 2.48. The minimum atomic E-state index is -0.287. The molecule has 0 radical (unpaired) electrons. The third-order valence-electron chi connectivity index (χ3n) is 4.94. The highest BCUT2D eigenvalue weighted by molar-refractivity contribution is 5.82. The number of hydrogen-bond donors (Lipinski definition) is 3. The number of aliphatic hydroxyl groups is 1. The quantitative estimate of drug-likeness (QED) is 0.705. The molecule has 0 bridgehead atoms. The maximum absolute atomic E-state index is 12.2. The van der Waals surface area contributed by atoms with Gasteiger partial charge >= 0.3 is 0 Å². The van der Waals surface area contributed by atoms with Crippen molar-refractivity contribution in [2.75, 3.05) is 6.54 Å². The summed E-state index contributed by atoms with van der Waals surface area (Å²) in [6, 6.07) is 0.0704. The Bertz CT molecular complexity index is 317. The summed E-state index contributed by atoms with van der Waals surface area (Å²) in [5.74, 6) is 0.778. The summed E-state index contributed by atoms with van der Waals surface area (Å²) in [5.41, 5.74) is -0.186. The lowest BCUT2D eigenvalue weighted by atomic mass is 9.64. The topological polar surface area (TPSA) is 61.4 Å². The summed E-state index contributed by atoms with van der Waals surface area (Å²) in [7, 11) is 0. The summed E-state index contributed by atoms with van der Waals surface area (Å²) in [6.45, 7) is 7.15. The number of hydrogen-bond acceptors (Lipinski definition) is 3. The second-order valence-corrected chi connectivity index (χ2v) is 6.44. The van der Waals surface area contributed by atoms with Crippen molar-refractivity contribution in [3.05, 3.63) is 0 Å². The molecule has 4 unspecified atom stereocenters. The average Bonchev–Trinajstić information content (AvgIpc) is 2.38. The van der Waals surface area contributed by atoms with Gasteiger partial charge in [0.25, 0.3) is 0 Å². The highest BCUT2D eigenvalue weighted by atomic mass is 16.3. The van der Waals surface area contributed by atoms with Crippen molar-refractivity contribution in [1.29, 1.82) is 0 Å². The maximum atomic E-state index is 12.2. The van der Waals surface area contributed by atoms with Gasteiger partial charge in [-0.05, 0) is 31.7 Å². The van der Waals surface area contributed by atoms with E-state index in [1.807, 2.05) is 13.8 Å². The summed E-state index contributed by atoms with van der Waals surface area (Å²) < 4.78 is 0. The van der Waals surface area contributed by atoms with Crippen LogP contribution >= 0.6 is 0 Å². The molecular weight excluding hydrogens is 228 g/mol. The molecular formula is C14H26N2O2. The first-order valence-corrected chi connectivity index (χ1v) is 7.17. The Morgan fingerprint density at radius 2 is 2.17 bits per heavy atom. The Morgan fingerprint density at radius 3 is 2.72 bits per heavy atom. The van der Waals surface area contributed by atoms with Gasteiger partial charge in [0.1, 0.15) is 0 Å². The molecule has 3 N–H and O–H groups in total. The molecule has 18 heavy (non-hydrogen) atoms. The van der Waals surface area contributed by atoms with Gasteiger partial charge in [-0.15, -0.1) is 0 Å². The molecule has 2 aliphatic rings. The Labute approximate surface area is 110 Å². The van der Waals surface area contributed by atoms with Gasteiger partial charge in [0.2, 0.25) is 5.91 Å². The Morgan fingerprint density at radius 1 is 1.44 bits per heavy atom. The highest BCUT2D eigenvalue weighted by Crippen LogP contribution is 2.40. The van der Waals surface area contributed by atoms with Crippen LogP contribution in [0.15, 0.2) is 0 Å². The molecule has 1 amide bonds. The van der Waals surface area contributed by atoms with E-state index < -0.39 is 0 Å². The minimum absolute atomic E-state index is 0.0442. The molecule has 0 aromatic heterocycles. The van der Waals surface area contributed by atoms with Crippen molar-refractivity contribution in [3.63, 3.8) is 0 Å². The van der Waals surface area contributed by atoms with Gasteiger partial charge in [-0.3, -0.25) is 4.79 Å². The van der Waals surface area contributed by atoms with Crippen LogP contribution in [-0.4, -0.2) is 35.7 Å². The molecule has 4 nitrogen and oxygen atoms in total. The zero-order valence-electron chi connectivity index (χ0n) is 11.7. The number of carbonyl (C=O) groups is 1. The molecule has 2 fully saturated rings. The number of nitrogens with one attached hydrogen (secondary N) is 2. The fraction of sp³-hybridized carbons (Fsp3) is 0.929. The molecule has 1 aliphatic carbocycles. The van der Waals surface area contributed by atoms with Gasteiger partial charge in [0.05, 0.1) is 12.1 Å².